The van der Waals surface area contributed by atoms with Crippen molar-refractivity contribution in [2.24, 2.45) is 0 Å². The van der Waals surface area contributed by atoms with Gasteiger partial charge in [-0.15, -0.1) is 0 Å². The monoisotopic (exact) mass is 411 g/mol. The zero-order chi connectivity index (χ0) is 21.5. The normalized spacial score (nSPS) is 12.9. The molecule has 1 heterocycles. The number of nitriles is 1. The highest BCUT2D eigenvalue weighted by molar-refractivity contribution is 5.84. The molecular formula is C26H25N3O2. The Hall–Kier alpha value is -3.59. The SMILES string of the molecule is N#Cc1ccc(OC[C@@H](O)CNC[C@H](c2ccccc2)c2c[nH]c3ccccc23)cc1. The average molecular weight is 412 g/mol. The maximum absolute atomic E-state index is 10.4. The summed E-state index contributed by atoms with van der Waals surface area (Å²) in [5, 5.41) is 23.8. The smallest absolute Gasteiger partial charge is 0.119 e. The lowest BCUT2D eigenvalue weighted by molar-refractivity contribution is 0.106. The molecule has 5 heteroatoms. The molecule has 0 aliphatic rings. The van der Waals surface area contributed by atoms with Crippen LogP contribution >= 0.6 is 0 Å². The molecule has 0 saturated carbocycles. The molecule has 0 spiro atoms. The molecule has 0 aliphatic heterocycles. The molecule has 3 aromatic carbocycles. The summed E-state index contributed by atoms with van der Waals surface area (Å²) in [7, 11) is 0. The molecule has 2 atom stereocenters. The van der Waals surface area contributed by atoms with E-state index in [1.54, 1.807) is 24.3 Å². The van der Waals surface area contributed by atoms with Crippen molar-refractivity contribution in [1.82, 2.24) is 10.3 Å². The molecule has 0 fully saturated rings. The lowest BCUT2D eigenvalue weighted by Crippen LogP contribution is -2.34. The zero-order valence-corrected chi connectivity index (χ0v) is 17.2. The summed E-state index contributed by atoms with van der Waals surface area (Å²) >= 11 is 0. The van der Waals surface area contributed by atoms with Crippen LogP contribution in [0.1, 0.15) is 22.6 Å². The lowest BCUT2D eigenvalue weighted by atomic mass is 9.91. The second kappa shape index (κ2) is 9.94. The Morgan fingerprint density at radius 1 is 0.935 bits per heavy atom. The van der Waals surface area contributed by atoms with Gasteiger partial charge in [0.15, 0.2) is 0 Å². The Bertz CT molecular complexity index is 1150. The van der Waals surface area contributed by atoms with Gasteiger partial charge in [0.25, 0.3) is 0 Å². The number of hydrogen-bond acceptors (Lipinski definition) is 4. The Balaban J connectivity index is 1.38. The van der Waals surface area contributed by atoms with E-state index < -0.39 is 6.10 Å². The second-order valence-corrected chi connectivity index (χ2v) is 7.51. The topological polar surface area (TPSA) is 81.1 Å². The fraction of sp³-hybridized carbons (Fsp3) is 0.192. The molecule has 0 aliphatic carbocycles. The number of aliphatic hydroxyl groups excluding tert-OH is 1. The Kier molecular flexibility index (Phi) is 6.63. The number of para-hydroxylation sites is 1. The summed E-state index contributed by atoms with van der Waals surface area (Å²) in [5.41, 5.74) is 4.16. The van der Waals surface area contributed by atoms with Gasteiger partial charge in [0.2, 0.25) is 0 Å². The van der Waals surface area contributed by atoms with Crippen LogP contribution in [0, 0.1) is 11.3 Å². The highest BCUT2D eigenvalue weighted by Crippen LogP contribution is 2.30. The van der Waals surface area contributed by atoms with E-state index in [0.29, 0.717) is 24.4 Å². The number of aliphatic hydroxyl groups is 1. The molecule has 0 saturated heterocycles. The van der Waals surface area contributed by atoms with Gasteiger partial charge in [0.1, 0.15) is 18.5 Å². The molecule has 31 heavy (non-hydrogen) atoms. The third-order valence-electron chi connectivity index (χ3n) is 5.35. The number of nitrogens with one attached hydrogen (secondary N) is 2. The number of fused-ring (bicyclic) bond motifs is 1. The van der Waals surface area contributed by atoms with Crippen LogP contribution in [0.2, 0.25) is 0 Å². The Morgan fingerprint density at radius 2 is 1.68 bits per heavy atom. The highest BCUT2D eigenvalue weighted by Gasteiger charge is 2.18. The number of hydrogen-bond donors (Lipinski definition) is 3. The quantitative estimate of drug-likeness (QED) is 0.386. The van der Waals surface area contributed by atoms with Crippen molar-refractivity contribution in [1.29, 1.82) is 5.26 Å². The summed E-state index contributed by atoms with van der Waals surface area (Å²) in [6, 6.07) is 27.7. The van der Waals surface area contributed by atoms with E-state index in [1.807, 2.05) is 12.1 Å². The first-order chi connectivity index (χ1) is 15.2. The van der Waals surface area contributed by atoms with Gasteiger partial charge in [-0.1, -0.05) is 48.5 Å². The van der Waals surface area contributed by atoms with Crippen molar-refractivity contribution in [2.75, 3.05) is 19.7 Å². The molecule has 0 amide bonds. The van der Waals surface area contributed by atoms with Crippen molar-refractivity contribution >= 4 is 10.9 Å². The van der Waals surface area contributed by atoms with Crippen LogP contribution in [0.15, 0.2) is 85.1 Å². The molecule has 5 nitrogen and oxygen atoms in total. The average Bonchev–Trinajstić information content (AvgIpc) is 3.25. The van der Waals surface area contributed by atoms with Crippen LogP contribution in [0.4, 0.5) is 0 Å². The molecule has 4 rings (SSSR count). The van der Waals surface area contributed by atoms with Crippen LogP contribution in [0.5, 0.6) is 5.75 Å². The molecular weight excluding hydrogens is 386 g/mol. The number of aromatic nitrogens is 1. The molecule has 156 valence electrons. The van der Waals surface area contributed by atoms with Crippen molar-refractivity contribution in [2.45, 2.75) is 12.0 Å². The fourth-order valence-corrected chi connectivity index (χ4v) is 3.75. The first kappa shape index (κ1) is 20.7. The summed E-state index contributed by atoms with van der Waals surface area (Å²) in [6.07, 6.45) is 1.43. The predicted octanol–water partition coefficient (Wildman–Crippen LogP) is 4.20. The molecule has 4 aromatic rings. The number of H-pyrrole nitrogens is 1. The summed E-state index contributed by atoms with van der Waals surface area (Å²) in [5.74, 6) is 0.794. The number of ether oxygens (including phenoxy) is 1. The van der Waals surface area contributed by atoms with E-state index in [0.717, 1.165) is 5.52 Å². The van der Waals surface area contributed by atoms with Gasteiger partial charge in [-0.25, -0.2) is 0 Å². The van der Waals surface area contributed by atoms with Crippen LogP contribution in [0.3, 0.4) is 0 Å². The summed E-state index contributed by atoms with van der Waals surface area (Å²) in [4.78, 5) is 3.37. The van der Waals surface area contributed by atoms with Crippen LogP contribution in [-0.4, -0.2) is 35.9 Å². The summed E-state index contributed by atoms with van der Waals surface area (Å²) < 4.78 is 5.63. The van der Waals surface area contributed by atoms with E-state index in [-0.39, 0.29) is 12.5 Å². The maximum Gasteiger partial charge on any atom is 0.119 e. The molecule has 0 bridgehead atoms. The lowest BCUT2D eigenvalue weighted by Gasteiger charge is -2.20. The van der Waals surface area contributed by atoms with Gasteiger partial charge in [0, 0.05) is 36.1 Å². The van der Waals surface area contributed by atoms with E-state index in [4.69, 9.17) is 10.00 Å². The van der Waals surface area contributed by atoms with E-state index >= 15 is 0 Å². The number of rotatable bonds is 9. The molecule has 1 aromatic heterocycles. The van der Waals surface area contributed by atoms with Gasteiger partial charge < -0.3 is 20.1 Å². The maximum atomic E-state index is 10.4. The van der Waals surface area contributed by atoms with Gasteiger partial charge in [-0.05, 0) is 41.5 Å². The van der Waals surface area contributed by atoms with Crippen molar-refractivity contribution < 1.29 is 9.84 Å². The van der Waals surface area contributed by atoms with E-state index in [2.05, 4.69) is 65.0 Å². The van der Waals surface area contributed by atoms with Gasteiger partial charge in [0.05, 0.1) is 11.6 Å². The predicted molar refractivity (Wildman–Crippen MR) is 122 cm³/mol. The molecule has 0 radical (unpaired) electrons. The van der Waals surface area contributed by atoms with Gasteiger partial charge in [-0.2, -0.15) is 5.26 Å². The van der Waals surface area contributed by atoms with Crippen LogP contribution in [0.25, 0.3) is 10.9 Å². The number of benzene rings is 3. The van der Waals surface area contributed by atoms with Crippen LogP contribution in [-0.2, 0) is 0 Å². The number of nitrogens with zero attached hydrogens (tertiary/aromatic N) is 1. The standard InChI is InChI=1S/C26H25N3O2/c27-14-19-10-12-22(13-11-19)31-18-21(30)15-28-16-24(20-6-2-1-3-7-20)25-17-29-26-9-5-4-8-23(25)26/h1-13,17,21,24,28-30H,15-16,18H2/t21-,24+/m0/s1. The minimum Gasteiger partial charge on any atom is -0.491 e. The van der Waals surface area contributed by atoms with Gasteiger partial charge in [-0.3, -0.25) is 0 Å². The third kappa shape index (κ3) is 5.13. The Labute approximate surface area is 181 Å². The number of aromatic amines is 1. The van der Waals surface area contributed by atoms with Crippen molar-refractivity contribution in [3.05, 3.63) is 102 Å². The third-order valence-corrected chi connectivity index (χ3v) is 5.35. The highest BCUT2D eigenvalue weighted by atomic mass is 16.5. The van der Waals surface area contributed by atoms with Crippen molar-refractivity contribution in [3.63, 3.8) is 0 Å². The zero-order valence-electron chi connectivity index (χ0n) is 17.2. The Morgan fingerprint density at radius 3 is 2.45 bits per heavy atom. The molecule has 0 unspecified atom stereocenters. The van der Waals surface area contributed by atoms with Crippen molar-refractivity contribution in [3.8, 4) is 11.8 Å². The first-order valence-corrected chi connectivity index (χ1v) is 10.4. The fourth-order valence-electron chi connectivity index (χ4n) is 3.75. The minimum atomic E-state index is -0.643. The van der Waals surface area contributed by atoms with Gasteiger partial charge >= 0.3 is 0 Å². The van der Waals surface area contributed by atoms with E-state index in [1.165, 1.54) is 16.5 Å². The first-order valence-electron chi connectivity index (χ1n) is 10.4. The summed E-state index contributed by atoms with van der Waals surface area (Å²) in [6.45, 7) is 1.30. The largest absolute Gasteiger partial charge is 0.491 e. The second-order valence-electron chi connectivity index (χ2n) is 7.51. The van der Waals surface area contributed by atoms with Crippen LogP contribution < -0.4 is 10.1 Å². The molecule has 3 N–H and O–H groups in total. The minimum absolute atomic E-state index is 0.156. The van der Waals surface area contributed by atoms with E-state index in [9.17, 15) is 5.11 Å².